The Morgan fingerprint density at radius 3 is 2.56 bits per heavy atom. The third-order valence-electron chi connectivity index (χ3n) is 5.03. The molecule has 0 aliphatic carbocycles. The molecule has 2 N–H and O–H groups in total. The molecule has 0 fully saturated rings. The van der Waals surface area contributed by atoms with Gasteiger partial charge in [0.15, 0.2) is 5.58 Å². The average Bonchev–Trinajstić information content (AvgIpc) is 3.11. The average molecular weight is 428 g/mol. The number of nitrogens with one attached hydrogen (secondary N) is 1. The van der Waals surface area contributed by atoms with Crippen molar-refractivity contribution in [1.82, 2.24) is 4.57 Å². The highest BCUT2D eigenvalue weighted by molar-refractivity contribution is 5.91. The van der Waals surface area contributed by atoms with Gasteiger partial charge in [0, 0.05) is 17.7 Å². The van der Waals surface area contributed by atoms with E-state index in [0.29, 0.717) is 41.6 Å². The van der Waals surface area contributed by atoms with E-state index in [4.69, 9.17) is 4.42 Å². The second-order valence-electron chi connectivity index (χ2n) is 7.16. The number of nitrogens with zero attached hydrogens (tertiary/aromatic N) is 1. The van der Waals surface area contributed by atoms with Crippen molar-refractivity contribution >= 4 is 35.2 Å². The number of hydrogen-bond donors (Lipinski definition) is 2. The van der Waals surface area contributed by atoms with Gasteiger partial charge in [0.05, 0.1) is 11.2 Å². The lowest BCUT2D eigenvalue weighted by atomic mass is 10.0. The summed E-state index contributed by atoms with van der Waals surface area (Å²) in [6.45, 7) is 0.408. The molecule has 1 aromatic heterocycles. The van der Waals surface area contributed by atoms with Crippen LogP contribution in [0.2, 0.25) is 0 Å². The Bertz CT molecular complexity index is 1370. The lowest BCUT2D eigenvalue weighted by Gasteiger charge is -2.10. The van der Waals surface area contributed by atoms with Gasteiger partial charge in [0.25, 0.3) is 0 Å². The van der Waals surface area contributed by atoms with Crippen LogP contribution >= 0.6 is 0 Å². The van der Waals surface area contributed by atoms with Gasteiger partial charge in [-0.2, -0.15) is 0 Å². The number of fused-ring (bicyclic) bond motifs is 1. The molecule has 3 aromatic carbocycles. The van der Waals surface area contributed by atoms with Crippen molar-refractivity contribution in [1.29, 1.82) is 0 Å². The summed E-state index contributed by atoms with van der Waals surface area (Å²) in [6.07, 6.45) is 3.92. The second-order valence-corrected chi connectivity index (χ2v) is 7.16. The third-order valence-corrected chi connectivity index (χ3v) is 5.03. The van der Waals surface area contributed by atoms with E-state index in [0.717, 1.165) is 16.7 Å². The number of aldehydes is 1. The predicted octanol–water partition coefficient (Wildman–Crippen LogP) is 5.27. The van der Waals surface area contributed by atoms with Crippen LogP contribution in [-0.4, -0.2) is 22.1 Å². The molecule has 0 bridgehead atoms. The smallest absolute Gasteiger partial charge is 0.419 e. The molecule has 7 nitrogen and oxygen atoms in total. The van der Waals surface area contributed by atoms with Gasteiger partial charge in [-0.25, -0.2) is 9.59 Å². The van der Waals surface area contributed by atoms with Crippen molar-refractivity contribution in [2.45, 2.75) is 13.0 Å². The molecule has 1 heterocycles. The van der Waals surface area contributed by atoms with Crippen LogP contribution in [0.4, 0.5) is 10.5 Å². The topological polar surface area (TPSA) is 102 Å². The van der Waals surface area contributed by atoms with Gasteiger partial charge in [-0.05, 0) is 41.8 Å². The maximum absolute atomic E-state index is 12.1. The maximum atomic E-state index is 12.1. The number of benzene rings is 3. The number of amides is 1. The Kier molecular flexibility index (Phi) is 5.98. The van der Waals surface area contributed by atoms with Crippen LogP contribution < -0.4 is 11.1 Å². The fourth-order valence-corrected chi connectivity index (χ4v) is 3.54. The van der Waals surface area contributed by atoms with E-state index >= 15 is 0 Å². The molecule has 0 unspecified atom stereocenters. The van der Waals surface area contributed by atoms with Crippen molar-refractivity contribution in [2.75, 3.05) is 5.32 Å². The molecule has 0 saturated carbocycles. The van der Waals surface area contributed by atoms with E-state index < -0.39 is 11.8 Å². The van der Waals surface area contributed by atoms with Gasteiger partial charge in [0.2, 0.25) is 0 Å². The molecule has 0 radical (unpaired) electrons. The van der Waals surface area contributed by atoms with Crippen LogP contribution in [0.5, 0.6) is 0 Å². The molecule has 0 aliphatic rings. The summed E-state index contributed by atoms with van der Waals surface area (Å²) in [7, 11) is 0. The van der Waals surface area contributed by atoms with Gasteiger partial charge in [-0.1, -0.05) is 54.6 Å². The second kappa shape index (κ2) is 9.18. The molecule has 4 aromatic rings. The molecule has 1 amide bonds. The number of hydrogen-bond acceptors (Lipinski definition) is 4. The number of aromatic nitrogens is 1. The first-order valence-corrected chi connectivity index (χ1v) is 9.99. The summed E-state index contributed by atoms with van der Waals surface area (Å²) < 4.78 is 6.74. The molecule has 32 heavy (non-hydrogen) atoms. The molecule has 0 saturated heterocycles. The number of carboxylic acid groups (broad SMARTS) is 1. The largest absolute Gasteiger partial charge is 0.465 e. The zero-order valence-electron chi connectivity index (χ0n) is 17.0. The summed E-state index contributed by atoms with van der Waals surface area (Å²) in [5.41, 5.74) is 4.48. The molecule has 7 heteroatoms. The molecule has 4 rings (SSSR count). The van der Waals surface area contributed by atoms with Gasteiger partial charge in [0.1, 0.15) is 6.29 Å². The number of anilines is 1. The van der Waals surface area contributed by atoms with Crippen molar-refractivity contribution in [2.24, 2.45) is 0 Å². The van der Waals surface area contributed by atoms with Crippen LogP contribution in [0.3, 0.4) is 0 Å². The highest BCUT2D eigenvalue weighted by Crippen LogP contribution is 2.29. The van der Waals surface area contributed by atoms with Crippen LogP contribution in [0.1, 0.15) is 22.3 Å². The SMILES string of the molecule is O=Cc1ccc2c(c1)oc(=O)n2CCC=Cc1ccc(-c2ccccc2)c(NC(=O)O)c1. The maximum Gasteiger partial charge on any atom is 0.419 e. The molecule has 0 atom stereocenters. The van der Waals surface area contributed by atoms with Gasteiger partial charge in [-0.3, -0.25) is 14.7 Å². The molecule has 160 valence electrons. The molecular formula is C25H20N2O5. The number of allylic oxidation sites excluding steroid dienone is 1. The number of rotatable bonds is 7. The van der Waals surface area contributed by atoms with E-state index in [1.54, 1.807) is 24.3 Å². The van der Waals surface area contributed by atoms with Gasteiger partial charge in [-0.15, -0.1) is 0 Å². The first-order chi connectivity index (χ1) is 15.5. The summed E-state index contributed by atoms with van der Waals surface area (Å²) in [4.78, 5) is 34.3. The summed E-state index contributed by atoms with van der Waals surface area (Å²) in [5.74, 6) is -0.475. The zero-order valence-corrected chi connectivity index (χ0v) is 17.0. The Morgan fingerprint density at radius 1 is 1.03 bits per heavy atom. The summed E-state index contributed by atoms with van der Waals surface area (Å²) in [6, 6.07) is 20.0. The monoisotopic (exact) mass is 428 g/mol. The van der Waals surface area contributed by atoms with E-state index in [-0.39, 0.29) is 0 Å². The highest BCUT2D eigenvalue weighted by Gasteiger charge is 2.10. The first-order valence-electron chi connectivity index (χ1n) is 9.99. The van der Waals surface area contributed by atoms with Crippen molar-refractivity contribution in [3.05, 3.63) is 94.5 Å². The van der Waals surface area contributed by atoms with Crippen molar-refractivity contribution in [3.63, 3.8) is 0 Å². The minimum atomic E-state index is -1.13. The number of aryl methyl sites for hydroxylation is 1. The Labute approximate surface area is 183 Å². The zero-order chi connectivity index (χ0) is 22.5. The molecule has 0 spiro atoms. The van der Waals surface area contributed by atoms with Gasteiger partial charge >= 0.3 is 11.8 Å². The van der Waals surface area contributed by atoms with Crippen LogP contribution in [0.15, 0.2) is 82.0 Å². The lowest BCUT2D eigenvalue weighted by molar-refractivity contribution is 0.112. The van der Waals surface area contributed by atoms with Gasteiger partial charge < -0.3 is 9.52 Å². The quantitative estimate of drug-likeness (QED) is 0.391. The third kappa shape index (κ3) is 4.52. The number of carbonyl (C=O) groups is 2. The summed E-state index contributed by atoms with van der Waals surface area (Å²) in [5, 5.41) is 11.7. The normalized spacial score (nSPS) is 11.1. The fourth-order valence-electron chi connectivity index (χ4n) is 3.54. The Hall–Kier alpha value is -4.39. The predicted molar refractivity (Wildman–Crippen MR) is 123 cm³/mol. The number of carbonyl (C=O) groups excluding carboxylic acids is 1. The van der Waals surface area contributed by atoms with Crippen LogP contribution in [0, 0.1) is 0 Å². The Morgan fingerprint density at radius 2 is 1.81 bits per heavy atom. The standard InChI is InChI=1S/C25H20N2O5/c28-16-18-10-12-22-23(15-18)32-25(31)27(22)13-5-4-6-17-9-11-20(19-7-2-1-3-8-19)21(14-17)26-24(29)30/h1-4,6-12,14-16,26H,5,13H2,(H,29,30). The number of oxazole rings is 1. The van der Waals surface area contributed by atoms with E-state index in [2.05, 4.69) is 5.32 Å². The van der Waals surface area contributed by atoms with Crippen LogP contribution in [-0.2, 0) is 6.54 Å². The minimum Gasteiger partial charge on any atom is -0.465 e. The van der Waals surface area contributed by atoms with E-state index in [1.165, 1.54) is 4.57 Å². The highest BCUT2D eigenvalue weighted by atomic mass is 16.4. The molecular weight excluding hydrogens is 408 g/mol. The van der Waals surface area contributed by atoms with E-state index in [1.807, 2.05) is 54.6 Å². The summed E-state index contributed by atoms with van der Waals surface area (Å²) >= 11 is 0. The van der Waals surface area contributed by atoms with E-state index in [9.17, 15) is 19.5 Å². The van der Waals surface area contributed by atoms with Crippen molar-refractivity contribution < 1.29 is 19.1 Å². The fraction of sp³-hybridized carbons (Fsp3) is 0.0800. The Balaban J connectivity index is 1.52. The lowest BCUT2D eigenvalue weighted by Crippen LogP contribution is -2.13. The first kappa shape index (κ1) is 20.9. The minimum absolute atomic E-state index is 0.379. The van der Waals surface area contributed by atoms with Crippen LogP contribution in [0.25, 0.3) is 28.3 Å². The van der Waals surface area contributed by atoms with Crippen molar-refractivity contribution in [3.8, 4) is 11.1 Å². The molecule has 0 aliphatic heterocycles.